The molecule has 1 atom stereocenters. The van der Waals surface area contributed by atoms with Crippen molar-refractivity contribution in [2.75, 3.05) is 43.5 Å². The summed E-state index contributed by atoms with van der Waals surface area (Å²) < 4.78 is 11.6. The molecule has 2 aromatic carbocycles. The van der Waals surface area contributed by atoms with Crippen molar-refractivity contribution in [2.24, 2.45) is 0 Å². The van der Waals surface area contributed by atoms with Gasteiger partial charge in [0.15, 0.2) is 6.04 Å². The minimum Gasteiger partial charge on any atom is -0.495 e. The topological polar surface area (TPSA) is 73.3 Å². The first kappa shape index (κ1) is 20.3. The van der Waals surface area contributed by atoms with E-state index in [0.717, 1.165) is 53.9 Å². The fourth-order valence-corrected chi connectivity index (χ4v) is 4.49. The van der Waals surface area contributed by atoms with Crippen LogP contribution in [0.4, 0.5) is 11.5 Å². The second-order valence-electron chi connectivity index (χ2n) is 8.25. The molecular weight excluding hydrogens is 404 g/mol. The monoisotopic (exact) mass is 432 g/mol. The molecule has 1 fully saturated rings. The van der Waals surface area contributed by atoms with Gasteiger partial charge in [0.1, 0.15) is 43.1 Å². The fourth-order valence-electron chi connectivity index (χ4n) is 4.49. The number of amides is 1. The molecule has 2 aromatic heterocycles. The van der Waals surface area contributed by atoms with Gasteiger partial charge in [-0.05, 0) is 25.1 Å². The number of aromatic nitrogens is 1. The molecule has 0 saturated carbocycles. The smallest absolute Gasteiger partial charge is 0.282 e. The zero-order chi connectivity index (χ0) is 22.1. The normalized spacial score (nSPS) is 15.8. The third-order valence-electron chi connectivity index (χ3n) is 6.40. The van der Waals surface area contributed by atoms with Gasteiger partial charge in [0.2, 0.25) is 0 Å². The van der Waals surface area contributed by atoms with Gasteiger partial charge in [-0.2, -0.15) is 0 Å². The molecule has 3 heterocycles. The third kappa shape index (κ3) is 3.76. The Morgan fingerprint density at radius 1 is 1.09 bits per heavy atom. The highest BCUT2D eigenvalue weighted by Gasteiger charge is 2.32. The van der Waals surface area contributed by atoms with Crippen molar-refractivity contribution in [1.29, 1.82) is 0 Å². The Morgan fingerprint density at radius 2 is 1.88 bits per heavy atom. The number of carbonyl (C=O) groups is 1. The largest absolute Gasteiger partial charge is 0.495 e. The number of hydrogen-bond donors (Lipinski definition) is 2. The molecule has 32 heavy (non-hydrogen) atoms. The van der Waals surface area contributed by atoms with E-state index in [2.05, 4.69) is 21.3 Å². The molecule has 7 heteroatoms. The lowest BCUT2D eigenvalue weighted by Crippen LogP contribution is -3.19. The van der Waals surface area contributed by atoms with Gasteiger partial charge >= 0.3 is 0 Å². The van der Waals surface area contributed by atoms with Crippen molar-refractivity contribution in [1.82, 2.24) is 0 Å². The molecule has 1 amide bonds. The van der Waals surface area contributed by atoms with Crippen LogP contribution in [0.25, 0.3) is 21.9 Å². The summed E-state index contributed by atoms with van der Waals surface area (Å²) in [4.78, 5) is 20.0. The van der Waals surface area contributed by atoms with E-state index in [1.165, 1.54) is 4.90 Å². The summed E-state index contributed by atoms with van der Waals surface area (Å²) >= 11 is 0. The quantitative estimate of drug-likeness (QED) is 0.507. The SMILES string of the molecule is COc1cc2c(cc1NC(=O)[C@H](C)[NH+]1CCN(c3cccc[nH+]3)CC1)oc1ccccc12. The molecule has 1 aliphatic heterocycles. The van der Waals surface area contributed by atoms with E-state index in [-0.39, 0.29) is 11.9 Å². The standard InChI is InChI=1S/C25H26N4O3/c1-17(28-11-13-29(14-12-28)24-9-5-6-10-26-24)25(30)27-20-16-22-19(15-23(20)31-2)18-7-3-4-8-21(18)32-22/h3-10,15-17H,11-14H2,1-2H3,(H,27,30)/p+2/t17-/m0/s1. The Hall–Kier alpha value is -3.58. The number of furan rings is 1. The molecule has 5 rings (SSSR count). The van der Waals surface area contributed by atoms with Crippen molar-refractivity contribution >= 4 is 39.4 Å². The molecule has 0 radical (unpaired) electrons. The number of benzene rings is 2. The van der Waals surface area contributed by atoms with E-state index in [4.69, 9.17) is 9.15 Å². The number of H-pyrrole nitrogens is 1. The first-order chi connectivity index (χ1) is 15.6. The Bertz CT molecular complexity index is 1250. The summed E-state index contributed by atoms with van der Waals surface area (Å²) in [5, 5.41) is 5.08. The van der Waals surface area contributed by atoms with Crippen LogP contribution in [0, 0.1) is 0 Å². The molecule has 4 aromatic rings. The maximum absolute atomic E-state index is 13.1. The first-order valence-electron chi connectivity index (χ1n) is 11.0. The summed E-state index contributed by atoms with van der Waals surface area (Å²) in [7, 11) is 1.62. The summed E-state index contributed by atoms with van der Waals surface area (Å²) in [5.41, 5.74) is 2.18. The Labute approximate surface area is 186 Å². The van der Waals surface area contributed by atoms with E-state index in [1.54, 1.807) is 7.11 Å². The molecule has 0 unspecified atom stereocenters. The van der Waals surface area contributed by atoms with Gasteiger partial charge in [0.05, 0.1) is 19.0 Å². The number of nitrogens with zero attached hydrogens (tertiary/aromatic N) is 1. The molecule has 3 N–H and O–H groups in total. The number of hydrogen-bond acceptors (Lipinski definition) is 4. The maximum Gasteiger partial charge on any atom is 0.282 e. The van der Waals surface area contributed by atoms with Crippen molar-refractivity contribution in [2.45, 2.75) is 13.0 Å². The average Bonchev–Trinajstić information content (AvgIpc) is 3.21. The summed E-state index contributed by atoms with van der Waals surface area (Å²) in [5.74, 6) is 1.73. The lowest BCUT2D eigenvalue weighted by atomic mass is 10.1. The fraction of sp³-hybridized carbons (Fsp3) is 0.280. The number of rotatable bonds is 5. The molecule has 1 saturated heterocycles. The predicted octanol–water partition coefficient (Wildman–Crippen LogP) is 2.14. The summed E-state index contributed by atoms with van der Waals surface area (Å²) in [6.07, 6.45) is 1.94. The lowest BCUT2D eigenvalue weighted by Gasteiger charge is -2.31. The molecule has 0 spiro atoms. The molecule has 0 aliphatic carbocycles. The van der Waals surface area contributed by atoms with E-state index in [0.29, 0.717) is 11.4 Å². The van der Waals surface area contributed by atoms with Crippen molar-refractivity contribution in [3.63, 3.8) is 0 Å². The van der Waals surface area contributed by atoms with E-state index < -0.39 is 0 Å². The van der Waals surface area contributed by atoms with Crippen LogP contribution in [0.15, 0.2) is 65.2 Å². The Balaban J connectivity index is 1.30. The Kier molecular flexibility index (Phi) is 5.41. The maximum atomic E-state index is 13.1. The van der Waals surface area contributed by atoms with Gasteiger partial charge in [-0.25, -0.2) is 4.98 Å². The molecule has 7 nitrogen and oxygen atoms in total. The van der Waals surface area contributed by atoms with Gasteiger partial charge in [-0.1, -0.05) is 24.3 Å². The number of nitrogens with one attached hydrogen (secondary N) is 3. The zero-order valence-electron chi connectivity index (χ0n) is 18.4. The number of quaternary nitrogens is 1. The van der Waals surface area contributed by atoms with Crippen LogP contribution in [0.2, 0.25) is 0 Å². The number of pyridine rings is 1. The van der Waals surface area contributed by atoms with Crippen LogP contribution in [0.3, 0.4) is 0 Å². The number of methoxy groups -OCH3 is 1. The number of piperazine rings is 1. The predicted molar refractivity (Wildman–Crippen MR) is 124 cm³/mol. The van der Waals surface area contributed by atoms with Gasteiger partial charge in [0, 0.05) is 22.9 Å². The minimum absolute atomic E-state index is 0.0199. The highest BCUT2D eigenvalue weighted by Crippen LogP contribution is 2.36. The highest BCUT2D eigenvalue weighted by atomic mass is 16.5. The number of fused-ring (bicyclic) bond motifs is 3. The second-order valence-corrected chi connectivity index (χ2v) is 8.25. The Morgan fingerprint density at radius 3 is 2.62 bits per heavy atom. The van der Waals surface area contributed by atoms with Gasteiger partial charge in [-0.15, -0.1) is 0 Å². The van der Waals surface area contributed by atoms with Crippen LogP contribution in [0.1, 0.15) is 6.92 Å². The van der Waals surface area contributed by atoms with Crippen molar-refractivity contribution in [3.05, 3.63) is 60.8 Å². The van der Waals surface area contributed by atoms with Crippen LogP contribution >= 0.6 is 0 Å². The lowest BCUT2D eigenvalue weighted by molar-refractivity contribution is -0.914. The first-order valence-corrected chi connectivity index (χ1v) is 11.0. The number of ether oxygens (including phenoxy) is 1. The number of para-hydroxylation sites is 1. The van der Waals surface area contributed by atoms with Gasteiger partial charge in [-0.3, -0.25) is 9.69 Å². The molecule has 164 valence electrons. The summed E-state index contributed by atoms with van der Waals surface area (Å²) in [6, 6.07) is 17.6. The van der Waals surface area contributed by atoms with Gasteiger partial charge in [0.25, 0.3) is 11.7 Å². The second kappa shape index (κ2) is 8.51. The number of carbonyl (C=O) groups excluding carboxylic acids is 1. The molecule has 1 aliphatic rings. The van der Waals surface area contributed by atoms with Crippen molar-refractivity contribution in [3.8, 4) is 5.75 Å². The van der Waals surface area contributed by atoms with Crippen LogP contribution in [-0.4, -0.2) is 45.2 Å². The van der Waals surface area contributed by atoms with Crippen molar-refractivity contribution < 1.29 is 23.8 Å². The minimum atomic E-state index is -0.173. The third-order valence-corrected chi connectivity index (χ3v) is 6.40. The zero-order valence-corrected chi connectivity index (χ0v) is 18.4. The van der Waals surface area contributed by atoms with E-state index in [9.17, 15) is 4.79 Å². The van der Waals surface area contributed by atoms with E-state index >= 15 is 0 Å². The summed E-state index contributed by atoms with van der Waals surface area (Å²) in [6.45, 7) is 5.60. The van der Waals surface area contributed by atoms with E-state index in [1.807, 2.05) is 61.7 Å². The number of anilines is 2. The molecular formula is C25H28N4O3+2. The molecule has 0 bridgehead atoms. The highest BCUT2D eigenvalue weighted by molar-refractivity contribution is 6.08. The van der Waals surface area contributed by atoms with Crippen LogP contribution < -0.4 is 24.8 Å². The van der Waals surface area contributed by atoms with Crippen LogP contribution in [0.5, 0.6) is 5.75 Å². The van der Waals surface area contributed by atoms with Crippen LogP contribution in [-0.2, 0) is 4.79 Å². The average molecular weight is 433 g/mol. The number of aromatic amines is 1. The van der Waals surface area contributed by atoms with Gasteiger partial charge < -0.3 is 19.4 Å².